The minimum absolute atomic E-state index is 0.0139. The number of carbonyl (C=O) groups excluding carboxylic acids is 2. The van der Waals surface area contributed by atoms with Crippen molar-refractivity contribution >= 4 is 23.2 Å². The molecule has 0 saturated carbocycles. The lowest BCUT2D eigenvalue weighted by Gasteiger charge is -2.19. The van der Waals surface area contributed by atoms with Crippen molar-refractivity contribution in [3.63, 3.8) is 0 Å². The van der Waals surface area contributed by atoms with E-state index in [0.29, 0.717) is 4.90 Å². The van der Waals surface area contributed by atoms with Crippen molar-refractivity contribution in [3.8, 4) is 5.75 Å². The average Bonchev–Trinajstić information content (AvgIpc) is 2.79. The molecule has 3 rings (SSSR count). The molecule has 1 aliphatic heterocycles. The standard InChI is InChI=1S/C15H9F3N2O3/c1-23-13-9(17)8(16)11(19)12(10(13)18)20-14(21)6-4-2-3-5-7(6)15(20)22/h2-5H,19H2,1H3. The number of nitrogens with zero attached hydrogens (tertiary/aromatic N) is 1. The first-order valence-electron chi connectivity index (χ1n) is 6.37. The number of anilines is 2. The lowest BCUT2D eigenvalue weighted by atomic mass is 10.1. The smallest absolute Gasteiger partial charge is 0.266 e. The van der Waals surface area contributed by atoms with E-state index in [9.17, 15) is 22.8 Å². The molecule has 1 aliphatic rings. The number of rotatable bonds is 2. The Hall–Kier alpha value is -3.03. The normalized spacial score (nSPS) is 13.5. The molecule has 0 bridgehead atoms. The molecular formula is C15H9F3N2O3. The third-order valence-corrected chi connectivity index (χ3v) is 3.51. The number of hydrogen-bond acceptors (Lipinski definition) is 4. The highest BCUT2D eigenvalue weighted by Crippen LogP contribution is 2.41. The molecule has 23 heavy (non-hydrogen) atoms. The van der Waals surface area contributed by atoms with Crippen molar-refractivity contribution in [3.05, 3.63) is 52.8 Å². The molecule has 0 spiro atoms. The first kappa shape index (κ1) is 14.9. The van der Waals surface area contributed by atoms with Crippen LogP contribution in [-0.2, 0) is 0 Å². The molecule has 2 aromatic carbocycles. The molecule has 2 aromatic rings. The van der Waals surface area contributed by atoms with Gasteiger partial charge in [-0.25, -0.2) is 13.7 Å². The molecule has 0 radical (unpaired) electrons. The summed E-state index contributed by atoms with van der Waals surface area (Å²) in [5, 5.41) is 0. The summed E-state index contributed by atoms with van der Waals surface area (Å²) in [5.41, 5.74) is 3.56. The number of nitrogens with two attached hydrogens (primary N) is 1. The number of amides is 2. The summed E-state index contributed by atoms with van der Waals surface area (Å²) in [6.07, 6.45) is 0. The minimum atomic E-state index is -1.64. The number of imide groups is 1. The van der Waals surface area contributed by atoms with Gasteiger partial charge in [0.2, 0.25) is 5.82 Å². The number of methoxy groups -OCH3 is 1. The van der Waals surface area contributed by atoms with Gasteiger partial charge in [0.05, 0.1) is 23.9 Å². The summed E-state index contributed by atoms with van der Waals surface area (Å²) in [5.74, 6) is -7.51. The van der Waals surface area contributed by atoms with Crippen LogP contribution in [0.2, 0.25) is 0 Å². The van der Waals surface area contributed by atoms with Gasteiger partial charge in [-0.1, -0.05) is 12.1 Å². The predicted octanol–water partition coefficient (Wildman–Crippen LogP) is 2.50. The van der Waals surface area contributed by atoms with Crippen LogP contribution in [0.4, 0.5) is 24.5 Å². The number of ether oxygens (including phenoxy) is 1. The van der Waals surface area contributed by atoms with E-state index in [1.807, 2.05) is 0 Å². The Morgan fingerprint density at radius 1 is 0.957 bits per heavy atom. The van der Waals surface area contributed by atoms with Crippen LogP contribution in [0.25, 0.3) is 0 Å². The number of fused-ring (bicyclic) bond motifs is 1. The molecule has 0 fully saturated rings. The molecule has 2 N–H and O–H groups in total. The minimum Gasteiger partial charge on any atom is -0.491 e. The lowest BCUT2D eigenvalue weighted by molar-refractivity contribution is 0.0924. The number of carbonyl (C=O) groups is 2. The van der Waals surface area contributed by atoms with Crippen LogP contribution in [0.1, 0.15) is 20.7 Å². The second kappa shape index (κ2) is 5.01. The second-order valence-electron chi connectivity index (χ2n) is 4.73. The highest BCUT2D eigenvalue weighted by Gasteiger charge is 2.41. The van der Waals surface area contributed by atoms with Crippen LogP contribution in [0, 0.1) is 17.5 Å². The van der Waals surface area contributed by atoms with Gasteiger partial charge in [0, 0.05) is 0 Å². The summed E-state index contributed by atoms with van der Waals surface area (Å²) in [4.78, 5) is 25.0. The van der Waals surface area contributed by atoms with Gasteiger partial charge in [-0.2, -0.15) is 4.39 Å². The van der Waals surface area contributed by atoms with Crippen LogP contribution < -0.4 is 15.4 Å². The highest BCUT2D eigenvalue weighted by molar-refractivity contribution is 6.35. The lowest BCUT2D eigenvalue weighted by Crippen LogP contribution is -2.31. The molecule has 0 unspecified atom stereocenters. The van der Waals surface area contributed by atoms with Gasteiger partial charge in [-0.05, 0) is 12.1 Å². The van der Waals surface area contributed by atoms with Crippen LogP contribution in [0.3, 0.4) is 0 Å². The van der Waals surface area contributed by atoms with Gasteiger partial charge in [0.25, 0.3) is 11.8 Å². The largest absolute Gasteiger partial charge is 0.491 e. The molecule has 118 valence electrons. The van der Waals surface area contributed by atoms with Gasteiger partial charge in [0.1, 0.15) is 5.69 Å². The molecule has 0 saturated heterocycles. The fourth-order valence-corrected chi connectivity index (χ4v) is 2.43. The maximum Gasteiger partial charge on any atom is 0.266 e. The third kappa shape index (κ3) is 1.88. The van der Waals surface area contributed by atoms with E-state index in [1.165, 1.54) is 24.3 Å². The second-order valence-corrected chi connectivity index (χ2v) is 4.73. The van der Waals surface area contributed by atoms with Gasteiger partial charge < -0.3 is 10.5 Å². The maximum atomic E-state index is 14.4. The van der Waals surface area contributed by atoms with E-state index in [-0.39, 0.29) is 11.1 Å². The molecule has 0 atom stereocenters. The zero-order chi connectivity index (χ0) is 16.9. The Morgan fingerprint density at radius 2 is 1.48 bits per heavy atom. The van der Waals surface area contributed by atoms with E-state index >= 15 is 0 Å². The van der Waals surface area contributed by atoms with Gasteiger partial charge in [-0.15, -0.1) is 0 Å². The molecular weight excluding hydrogens is 313 g/mol. The Morgan fingerprint density at radius 3 is 1.96 bits per heavy atom. The van der Waals surface area contributed by atoms with E-state index in [1.54, 1.807) is 0 Å². The van der Waals surface area contributed by atoms with Crippen LogP contribution in [0.15, 0.2) is 24.3 Å². The molecule has 0 aliphatic carbocycles. The van der Waals surface area contributed by atoms with Gasteiger partial charge in [0.15, 0.2) is 17.4 Å². The third-order valence-electron chi connectivity index (χ3n) is 3.51. The zero-order valence-electron chi connectivity index (χ0n) is 11.7. The van der Waals surface area contributed by atoms with Crippen LogP contribution in [-0.4, -0.2) is 18.9 Å². The number of nitrogen functional groups attached to an aromatic ring is 1. The molecule has 8 heteroatoms. The number of halogens is 3. The Balaban J connectivity index is 2.28. The van der Waals surface area contributed by atoms with Crippen molar-refractivity contribution in [2.75, 3.05) is 17.7 Å². The van der Waals surface area contributed by atoms with E-state index < -0.39 is 46.4 Å². The van der Waals surface area contributed by atoms with Crippen LogP contribution in [0.5, 0.6) is 5.75 Å². The first-order chi connectivity index (χ1) is 10.9. The van der Waals surface area contributed by atoms with E-state index in [2.05, 4.69) is 4.74 Å². The van der Waals surface area contributed by atoms with E-state index in [4.69, 9.17) is 5.73 Å². The summed E-state index contributed by atoms with van der Waals surface area (Å²) in [6.45, 7) is 0. The quantitative estimate of drug-likeness (QED) is 0.524. The highest BCUT2D eigenvalue weighted by atomic mass is 19.2. The molecule has 2 amide bonds. The van der Waals surface area contributed by atoms with Crippen molar-refractivity contribution in [2.24, 2.45) is 0 Å². The van der Waals surface area contributed by atoms with Crippen molar-refractivity contribution in [1.29, 1.82) is 0 Å². The van der Waals surface area contributed by atoms with E-state index in [0.717, 1.165) is 7.11 Å². The first-order valence-corrected chi connectivity index (χ1v) is 6.37. The Bertz CT molecular complexity index is 833. The zero-order valence-corrected chi connectivity index (χ0v) is 11.7. The average molecular weight is 322 g/mol. The fourth-order valence-electron chi connectivity index (χ4n) is 2.43. The number of benzene rings is 2. The summed E-state index contributed by atoms with van der Waals surface area (Å²) in [7, 11) is 0.920. The summed E-state index contributed by atoms with van der Waals surface area (Å²) in [6, 6.07) is 5.75. The SMILES string of the molecule is COc1c(F)c(F)c(N)c(N2C(=O)c3ccccc3C2=O)c1F. The monoisotopic (exact) mass is 322 g/mol. The van der Waals surface area contributed by atoms with Crippen molar-refractivity contribution in [1.82, 2.24) is 0 Å². The van der Waals surface area contributed by atoms with Gasteiger partial charge in [-0.3, -0.25) is 9.59 Å². The summed E-state index contributed by atoms with van der Waals surface area (Å²) >= 11 is 0. The van der Waals surface area contributed by atoms with Gasteiger partial charge >= 0.3 is 0 Å². The number of hydrogen-bond donors (Lipinski definition) is 1. The van der Waals surface area contributed by atoms with Crippen LogP contribution >= 0.6 is 0 Å². The summed E-state index contributed by atoms with van der Waals surface area (Å²) < 4.78 is 46.4. The van der Waals surface area contributed by atoms with Crippen molar-refractivity contribution < 1.29 is 27.5 Å². The Labute approximate surface area is 128 Å². The molecule has 0 aromatic heterocycles. The fraction of sp³-hybridized carbons (Fsp3) is 0.0667. The molecule has 5 nitrogen and oxygen atoms in total. The van der Waals surface area contributed by atoms with Crippen molar-refractivity contribution in [2.45, 2.75) is 0 Å². The predicted molar refractivity (Wildman–Crippen MR) is 74.9 cm³/mol. The topological polar surface area (TPSA) is 72.6 Å². The maximum absolute atomic E-state index is 14.4. The molecule has 1 heterocycles. The Kier molecular flexibility index (Phi) is 3.24.